The fourth-order valence-corrected chi connectivity index (χ4v) is 1.63. The third-order valence-electron chi connectivity index (χ3n) is 2.99. The van der Waals surface area contributed by atoms with Crippen LogP contribution in [-0.4, -0.2) is 0 Å². The van der Waals surface area contributed by atoms with E-state index in [0.717, 1.165) is 12.0 Å². The Labute approximate surface area is 95.0 Å². The Morgan fingerprint density at radius 2 is 1.81 bits per heavy atom. The van der Waals surface area contributed by atoms with Crippen molar-refractivity contribution in [3.8, 4) is 0 Å². The van der Waals surface area contributed by atoms with E-state index < -0.39 is 5.92 Å². The van der Waals surface area contributed by atoms with Gasteiger partial charge in [-0.15, -0.1) is 0 Å². The van der Waals surface area contributed by atoms with E-state index in [9.17, 15) is 8.78 Å². The highest BCUT2D eigenvalue weighted by Gasteiger charge is 2.28. The van der Waals surface area contributed by atoms with Crippen molar-refractivity contribution in [2.24, 2.45) is 0 Å². The van der Waals surface area contributed by atoms with Crippen LogP contribution in [0.25, 0.3) is 0 Å². The van der Waals surface area contributed by atoms with Crippen LogP contribution in [-0.2, 0) is 12.3 Å². The zero-order valence-corrected chi connectivity index (χ0v) is 9.47. The van der Waals surface area contributed by atoms with Gasteiger partial charge in [0.25, 0.3) is 5.92 Å². The molecule has 0 aromatic heterocycles. The SMILES string of the molecule is CCC(F)(F)c1ccc(CC=C2CC2)cc1. The molecule has 0 unspecified atom stereocenters. The molecule has 2 heteroatoms. The van der Waals surface area contributed by atoms with Crippen molar-refractivity contribution in [1.82, 2.24) is 0 Å². The molecule has 0 heterocycles. The summed E-state index contributed by atoms with van der Waals surface area (Å²) in [6.45, 7) is 1.51. The maximum absolute atomic E-state index is 13.3. The Kier molecular flexibility index (Phi) is 3.08. The average Bonchev–Trinajstić information content (AvgIpc) is 3.11. The zero-order chi connectivity index (χ0) is 11.6. The number of hydrogen-bond acceptors (Lipinski definition) is 0. The molecule has 1 fully saturated rings. The highest BCUT2D eigenvalue weighted by Crippen LogP contribution is 2.31. The first kappa shape index (κ1) is 11.3. The summed E-state index contributed by atoms with van der Waals surface area (Å²) in [7, 11) is 0. The summed E-state index contributed by atoms with van der Waals surface area (Å²) < 4.78 is 26.7. The van der Waals surface area contributed by atoms with Gasteiger partial charge in [0.1, 0.15) is 0 Å². The van der Waals surface area contributed by atoms with E-state index in [1.165, 1.54) is 25.3 Å². The minimum Gasteiger partial charge on any atom is -0.201 e. The second-order valence-corrected chi connectivity index (χ2v) is 4.32. The molecule has 1 aromatic carbocycles. The van der Waals surface area contributed by atoms with Gasteiger partial charge in [0.2, 0.25) is 0 Å². The lowest BCUT2D eigenvalue weighted by Crippen LogP contribution is -2.11. The monoisotopic (exact) mass is 222 g/mol. The minimum atomic E-state index is -2.69. The summed E-state index contributed by atoms with van der Waals surface area (Å²) in [6.07, 6.45) is 5.36. The maximum atomic E-state index is 13.3. The Bertz CT molecular complexity index is 382. The van der Waals surface area contributed by atoms with Crippen LogP contribution in [0.2, 0.25) is 0 Å². The highest BCUT2D eigenvalue weighted by molar-refractivity contribution is 5.28. The van der Waals surface area contributed by atoms with Crippen LogP contribution in [0.1, 0.15) is 37.3 Å². The molecule has 0 atom stereocenters. The van der Waals surface area contributed by atoms with Crippen molar-refractivity contribution in [1.29, 1.82) is 0 Å². The Hall–Kier alpha value is -1.18. The maximum Gasteiger partial charge on any atom is 0.273 e. The molecule has 0 bridgehead atoms. The lowest BCUT2D eigenvalue weighted by Gasteiger charge is -2.14. The number of allylic oxidation sites excluding steroid dienone is 2. The molecular weight excluding hydrogens is 206 g/mol. The van der Waals surface area contributed by atoms with Gasteiger partial charge in [-0.05, 0) is 24.8 Å². The predicted octanol–water partition coefficient (Wildman–Crippen LogP) is 4.45. The normalized spacial score (nSPS) is 15.1. The summed E-state index contributed by atoms with van der Waals surface area (Å²) in [4.78, 5) is 0. The molecule has 1 saturated carbocycles. The van der Waals surface area contributed by atoms with Crippen LogP contribution in [0.15, 0.2) is 35.9 Å². The molecule has 2 rings (SSSR count). The molecule has 1 aliphatic rings. The second kappa shape index (κ2) is 4.36. The van der Waals surface area contributed by atoms with Crippen LogP contribution in [0.3, 0.4) is 0 Å². The van der Waals surface area contributed by atoms with Crippen LogP contribution < -0.4 is 0 Å². The summed E-state index contributed by atoms with van der Waals surface area (Å²) >= 11 is 0. The van der Waals surface area contributed by atoms with Crippen molar-refractivity contribution in [2.45, 2.75) is 38.5 Å². The Balaban J connectivity index is 2.06. The quantitative estimate of drug-likeness (QED) is 0.660. The van der Waals surface area contributed by atoms with Crippen molar-refractivity contribution in [2.75, 3.05) is 0 Å². The fraction of sp³-hybridized carbons (Fsp3) is 0.429. The molecule has 0 N–H and O–H groups in total. The van der Waals surface area contributed by atoms with E-state index in [0.29, 0.717) is 0 Å². The first-order valence-corrected chi connectivity index (χ1v) is 5.77. The second-order valence-electron chi connectivity index (χ2n) is 4.32. The Morgan fingerprint density at radius 1 is 1.19 bits per heavy atom. The molecule has 16 heavy (non-hydrogen) atoms. The van der Waals surface area contributed by atoms with Crippen molar-refractivity contribution >= 4 is 0 Å². The van der Waals surface area contributed by atoms with E-state index in [1.807, 2.05) is 0 Å². The van der Waals surface area contributed by atoms with Gasteiger partial charge in [-0.25, -0.2) is 8.78 Å². The molecule has 0 spiro atoms. The first-order chi connectivity index (χ1) is 7.62. The van der Waals surface area contributed by atoms with E-state index in [1.54, 1.807) is 24.3 Å². The first-order valence-electron chi connectivity index (χ1n) is 5.77. The van der Waals surface area contributed by atoms with E-state index in [4.69, 9.17) is 0 Å². The van der Waals surface area contributed by atoms with E-state index in [2.05, 4.69) is 6.08 Å². The molecule has 0 radical (unpaired) electrons. The lowest BCUT2D eigenvalue weighted by atomic mass is 10.0. The average molecular weight is 222 g/mol. The van der Waals surface area contributed by atoms with Gasteiger partial charge >= 0.3 is 0 Å². The summed E-state index contributed by atoms with van der Waals surface area (Å²) in [5.41, 5.74) is 2.72. The van der Waals surface area contributed by atoms with Crippen molar-refractivity contribution in [3.63, 3.8) is 0 Å². The van der Waals surface area contributed by atoms with Gasteiger partial charge in [-0.1, -0.05) is 42.8 Å². The van der Waals surface area contributed by atoms with Crippen molar-refractivity contribution in [3.05, 3.63) is 47.0 Å². The molecule has 0 amide bonds. The number of rotatable bonds is 4. The van der Waals surface area contributed by atoms with Gasteiger partial charge in [-0.2, -0.15) is 0 Å². The van der Waals surface area contributed by atoms with Gasteiger partial charge in [0, 0.05) is 12.0 Å². The third kappa shape index (κ3) is 2.69. The smallest absolute Gasteiger partial charge is 0.201 e. The molecule has 1 aliphatic carbocycles. The Morgan fingerprint density at radius 3 is 2.31 bits per heavy atom. The molecule has 0 aliphatic heterocycles. The number of alkyl halides is 2. The van der Waals surface area contributed by atoms with Gasteiger partial charge in [0.15, 0.2) is 0 Å². The topological polar surface area (TPSA) is 0 Å². The number of benzene rings is 1. The van der Waals surface area contributed by atoms with E-state index in [-0.39, 0.29) is 12.0 Å². The summed E-state index contributed by atoms with van der Waals surface area (Å²) in [6, 6.07) is 6.70. The van der Waals surface area contributed by atoms with Crippen LogP contribution in [0.5, 0.6) is 0 Å². The van der Waals surface area contributed by atoms with Gasteiger partial charge in [0.05, 0.1) is 0 Å². The van der Waals surface area contributed by atoms with E-state index >= 15 is 0 Å². The molecule has 0 nitrogen and oxygen atoms in total. The third-order valence-corrected chi connectivity index (χ3v) is 2.99. The van der Waals surface area contributed by atoms with Crippen LogP contribution in [0, 0.1) is 0 Å². The zero-order valence-electron chi connectivity index (χ0n) is 9.47. The summed E-state index contributed by atoms with van der Waals surface area (Å²) in [5.74, 6) is -2.69. The molecular formula is C14H16F2. The summed E-state index contributed by atoms with van der Waals surface area (Å²) in [5, 5.41) is 0. The van der Waals surface area contributed by atoms with Crippen LogP contribution in [0.4, 0.5) is 8.78 Å². The fourth-order valence-electron chi connectivity index (χ4n) is 1.63. The van der Waals surface area contributed by atoms with Crippen LogP contribution >= 0.6 is 0 Å². The number of hydrogen-bond donors (Lipinski definition) is 0. The standard InChI is InChI=1S/C14H16F2/c1-2-14(15,16)13-9-7-12(8-10-13)6-5-11-3-4-11/h5,7-10H,2-4,6H2,1H3. The lowest BCUT2D eigenvalue weighted by molar-refractivity contribution is -0.00829. The molecule has 0 saturated heterocycles. The number of halogens is 2. The largest absolute Gasteiger partial charge is 0.273 e. The molecule has 1 aromatic rings. The molecule has 86 valence electrons. The van der Waals surface area contributed by atoms with Gasteiger partial charge in [-0.3, -0.25) is 0 Å². The predicted molar refractivity (Wildman–Crippen MR) is 61.6 cm³/mol. The highest BCUT2D eigenvalue weighted by atomic mass is 19.3. The van der Waals surface area contributed by atoms with Gasteiger partial charge < -0.3 is 0 Å². The minimum absolute atomic E-state index is 0.123. The van der Waals surface area contributed by atoms with Crippen molar-refractivity contribution < 1.29 is 8.78 Å².